The Morgan fingerprint density at radius 2 is 1.97 bits per heavy atom. The molecule has 0 aliphatic carbocycles. The number of hydrogen-bond acceptors (Lipinski definition) is 8. The summed E-state index contributed by atoms with van der Waals surface area (Å²) in [5, 5.41) is 24.8. The maximum atomic E-state index is 13.2. The Kier molecular flexibility index (Phi) is 6.02. The number of fused-ring (bicyclic) bond motifs is 1. The van der Waals surface area contributed by atoms with E-state index in [2.05, 4.69) is 20.3 Å². The standard InChI is InChI=1S/C22H17FN6O4/c23-15-3-5-16(6-4-15)25-22-26-20-18(21(31)27-22)10-17(29(32)33)11-19(20)28(13-30)9-7-14-2-1-8-24-12-14/h1-6,8,10-13H,7,9H2,(H2,25,26,27,31). The molecule has 166 valence electrons. The molecule has 0 unspecified atom stereocenters. The van der Waals surface area contributed by atoms with Gasteiger partial charge in [-0.3, -0.25) is 19.9 Å². The van der Waals surface area contributed by atoms with Gasteiger partial charge in [-0.1, -0.05) is 6.07 Å². The van der Waals surface area contributed by atoms with E-state index in [0.29, 0.717) is 18.5 Å². The zero-order chi connectivity index (χ0) is 23.4. The number of nitro benzene ring substituents is 1. The maximum Gasteiger partial charge on any atom is 0.272 e. The van der Waals surface area contributed by atoms with Gasteiger partial charge in [0.1, 0.15) is 11.3 Å². The molecule has 0 radical (unpaired) electrons. The average molecular weight is 448 g/mol. The van der Waals surface area contributed by atoms with E-state index in [4.69, 9.17) is 0 Å². The summed E-state index contributed by atoms with van der Waals surface area (Å²) >= 11 is 0. The molecule has 10 nitrogen and oxygen atoms in total. The van der Waals surface area contributed by atoms with Crippen LogP contribution in [0.2, 0.25) is 0 Å². The van der Waals surface area contributed by atoms with Crippen molar-refractivity contribution in [3.8, 4) is 5.88 Å². The Morgan fingerprint density at radius 3 is 2.64 bits per heavy atom. The van der Waals surface area contributed by atoms with Crippen LogP contribution < -0.4 is 10.2 Å². The fourth-order valence-corrected chi connectivity index (χ4v) is 3.25. The van der Waals surface area contributed by atoms with Crippen molar-refractivity contribution in [2.24, 2.45) is 0 Å². The lowest BCUT2D eigenvalue weighted by molar-refractivity contribution is -0.384. The smallest absolute Gasteiger partial charge is 0.272 e. The van der Waals surface area contributed by atoms with Crippen molar-refractivity contribution in [1.29, 1.82) is 0 Å². The lowest BCUT2D eigenvalue weighted by Gasteiger charge is -2.19. The van der Waals surface area contributed by atoms with E-state index in [1.54, 1.807) is 18.5 Å². The van der Waals surface area contributed by atoms with Crippen molar-refractivity contribution >= 4 is 40.3 Å². The van der Waals surface area contributed by atoms with E-state index < -0.39 is 16.6 Å². The quantitative estimate of drug-likeness (QED) is 0.237. The molecule has 2 heterocycles. The highest BCUT2D eigenvalue weighted by molar-refractivity contribution is 6.00. The Balaban J connectivity index is 1.77. The van der Waals surface area contributed by atoms with Gasteiger partial charge in [-0.25, -0.2) is 9.37 Å². The van der Waals surface area contributed by atoms with Crippen LogP contribution in [0.4, 0.5) is 27.4 Å². The second-order valence-corrected chi connectivity index (χ2v) is 7.03. The normalized spacial score (nSPS) is 10.7. The van der Waals surface area contributed by atoms with Crippen molar-refractivity contribution in [2.75, 3.05) is 16.8 Å². The van der Waals surface area contributed by atoms with Gasteiger partial charge >= 0.3 is 0 Å². The van der Waals surface area contributed by atoms with Crippen LogP contribution in [0.1, 0.15) is 5.56 Å². The summed E-state index contributed by atoms with van der Waals surface area (Å²) in [7, 11) is 0. The van der Waals surface area contributed by atoms with Crippen LogP contribution in [-0.2, 0) is 11.2 Å². The molecule has 11 heteroatoms. The third-order valence-electron chi connectivity index (χ3n) is 4.86. The number of anilines is 3. The van der Waals surface area contributed by atoms with Crippen molar-refractivity contribution in [3.05, 3.63) is 82.4 Å². The number of rotatable bonds is 8. The zero-order valence-electron chi connectivity index (χ0n) is 17.1. The summed E-state index contributed by atoms with van der Waals surface area (Å²) in [6.45, 7) is 0.191. The molecular weight excluding hydrogens is 431 g/mol. The summed E-state index contributed by atoms with van der Waals surface area (Å²) in [5.41, 5.74) is 1.27. The third-order valence-corrected chi connectivity index (χ3v) is 4.86. The first-order valence-electron chi connectivity index (χ1n) is 9.77. The van der Waals surface area contributed by atoms with Gasteiger partial charge in [-0.05, 0) is 42.3 Å². The van der Waals surface area contributed by atoms with Gasteiger partial charge in [0.2, 0.25) is 18.2 Å². The minimum Gasteiger partial charge on any atom is -0.493 e. The molecule has 0 atom stereocenters. The monoisotopic (exact) mass is 448 g/mol. The number of amides is 1. The molecule has 2 aromatic carbocycles. The van der Waals surface area contributed by atoms with Gasteiger partial charge < -0.3 is 15.3 Å². The Labute approximate surface area is 186 Å². The van der Waals surface area contributed by atoms with E-state index in [1.165, 1.54) is 35.2 Å². The minimum atomic E-state index is -0.628. The summed E-state index contributed by atoms with van der Waals surface area (Å²) in [4.78, 5) is 36.4. The molecule has 4 rings (SSSR count). The predicted octanol–water partition coefficient (Wildman–Crippen LogP) is 3.73. The van der Waals surface area contributed by atoms with Crippen LogP contribution in [-0.4, -0.2) is 37.9 Å². The Hall–Kier alpha value is -4.67. The number of carbonyl (C=O) groups is 1. The highest BCUT2D eigenvalue weighted by Crippen LogP contribution is 2.35. The number of carbonyl (C=O) groups excluding carboxylic acids is 1. The molecule has 2 aromatic heterocycles. The van der Waals surface area contributed by atoms with Crippen molar-refractivity contribution in [1.82, 2.24) is 15.0 Å². The largest absolute Gasteiger partial charge is 0.493 e. The molecule has 0 bridgehead atoms. The first-order valence-corrected chi connectivity index (χ1v) is 9.77. The number of aromatic nitrogens is 3. The van der Waals surface area contributed by atoms with E-state index in [1.807, 2.05) is 6.07 Å². The second-order valence-electron chi connectivity index (χ2n) is 7.03. The second kappa shape index (κ2) is 9.22. The number of halogens is 1. The SMILES string of the molecule is O=CN(CCc1cccnc1)c1cc([N+](=O)[O-])cc2c(O)nc(Nc3ccc(F)cc3)nc12. The Morgan fingerprint density at radius 1 is 1.18 bits per heavy atom. The molecule has 0 saturated heterocycles. The molecule has 0 saturated carbocycles. The molecule has 33 heavy (non-hydrogen) atoms. The predicted molar refractivity (Wildman–Crippen MR) is 119 cm³/mol. The van der Waals surface area contributed by atoms with Gasteiger partial charge in [-0.15, -0.1) is 0 Å². The number of nitrogens with one attached hydrogen (secondary N) is 1. The first kappa shape index (κ1) is 21.6. The van der Waals surface area contributed by atoms with Crippen molar-refractivity contribution < 1.29 is 19.2 Å². The Bertz CT molecular complexity index is 1320. The molecule has 0 aliphatic rings. The van der Waals surface area contributed by atoms with Gasteiger partial charge in [0.15, 0.2) is 0 Å². The van der Waals surface area contributed by atoms with Crippen LogP contribution in [0.15, 0.2) is 60.9 Å². The molecule has 2 N–H and O–H groups in total. The van der Waals surface area contributed by atoms with Crippen LogP contribution in [0.3, 0.4) is 0 Å². The van der Waals surface area contributed by atoms with Crippen LogP contribution >= 0.6 is 0 Å². The third kappa shape index (κ3) is 4.82. The van der Waals surface area contributed by atoms with E-state index in [9.17, 15) is 24.4 Å². The average Bonchev–Trinajstić information content (AvgIpc) is 2.81. The summed E-state index contributed by atoms with van der Waals surface area (Å²) in [6, 6.07) is 11.4. The van der Waals surface area contributed by atoms with Gasteiger partial charge in [-0.2, -0.15) is 4.98 Å². The fraction of sp³-hybridized carbons (Fsp3) is 0.0909. The highest BCUT2D eigenvalue weighted by Gasteiger charge is 2.21. The number of non-ortho nitro benzene ring substituents is 1. The van der Waals surface area contributed by atoms with Crippen molar-refractivity contribution in [3.63, 3.8) is 0 Å². The lowest BCUT2D eigenvalue weighted by atomic mass is 10.1. The van der Waals surface area contributed by atoms with Crippen molar-refractivity contribution in [2.45, 2.75) is 6.42 Å². The summed E-state index contributed by atoms with van der Waals surface area (Å²) < 4.78 is 13.2. The number of benzene rings is 2. The lowest BCUT2D eigenvalue weighted by Crippen LogP contribution is -2.24. The van der Waals surface area contributed by atoms with Crippen LogP contribution in [0, 0.1) is 15.9 Å². The number of pyridine rings is 1. The zero-order valence-corrected chi connectivity index (χ0v) is 17.1. The highest BCUT2D eigenvalue weighted by atomic mass is 19.1. The number of aromatic hydroxyl groups is 1. The van der Waals surface area contributed by atoms with Gasteiger partial charge in [0.05, 0.1) is 16.0 Å². The first-order chi connectivity index (χ1) is 15.9. The number of nitrogens with zero attached hydrogens (tertiary/aromatic N) is 5. The molecule has 4 aromatic rings. The van der Waals surface area contributed by atoms with E-state index >= 15 is 0 Å². The van der Waals surface area contributed by atoms with Crippen LogP contribution in [0.5, 0.6) is 5.88 Å². The molecule has 1 amide bonds. The fourth-order valence-electron chi connectivity index (χ4n) is 3.25. The summed E-state index contributed by atoms with van der Waals surface area (Å²) in [6.07, 6.45) is 4.27. The van der Waals surface area contributed by atoms with Gasteiger partial charge in [0, 0.05) is 36.8 Å². The molecule has 0 spiro atoms. The number of hydrogen-bond donors (Lipinski definition) is 2. The van der Waals surface area contributed by atoms with E-state index in [0.717, 1.165) is 11.6 Å². The molecule has 0 aliphatic heterocycles. The minimum absolute atomic E-state index is 0.0112. The molecule has 0 fully saturated rings. The maximum absolute atomic E-state index is 13.2. The number of nitro groups is 1. The topological polar surface area (TPSA) is 134 Å². The van der Waals surface area contributed by atoms with Crippen LogP contribution in [0.25, 0.3) is 10.9 Å². The molecular formula is C22H17FN6O4. The van der Waals surface area contributed by atoms with Gasteiger partial charge in [0.25, 0.3) is 5.69 Å². The van der Waals surface area contributed by atoms with E-state index in [-0.39, 0.29) is 34.8 Å². The summed E-state index contributed by atoms with van der Waals surface area (Å²) in [5.74, 6) is -0.958.